The zero-order valence-corrected chi connectivity index (χ0v) is 17.1. The van der Waals surface area contributed by atoms with Gasteiger partial charge in [0, 0.05) is 27.5 Å². The van der Waals surface area contributed by atoms with Gasteiger partial charge >= 0.3 is 11.3 Å². The largest absolute Gasteiger partial charge is 0.442 e. The van der Waals surface area contributed by atoms with E-state index in [1.807, 2.05) is 24.3 Å². The molecular weight excluding hydrogens is 394 g/mol. The molecule has 0 radical (unpaired) electrons. The first-order valence-electron chi connectivity index (χ1n) is 10.5. The Balaban J connectivity index is 1.61. The van der Waals surface area contributed by atoms with Crippen LogP contribution < -0.4 is 11.3 Å². The quantitative estimate of drug-likeness (QED) is 0.441. The minimum Gasteiger partial charge on any atom is -0.397 e. The van der Waals surface area contributed by atoms with E-state index < -0.39 is 11.3 Å². The van der Waals surface area contributed by atoms with Gasteiger partial charge in [-0.1, -0.05) is 24.3 Å². The van der Waals surface area contributed by atoms with Crippen LogP contribution in [0.2, 0.25) is 0 Å². The molecule has 1 aliphatic rings. The maximum Gasteiger partial charge on any atom is 0.442 e. The van der Waals surface area contributed by atoms with Crippen molar-refractivity contribution < 1.29 is 8.94 Å². The molecule has 0 amide bonds. The summed E-state index contributed by atoms with van der Waals surface area (Å²) < 4.78 is 12.2. The first-order valence-corrected chi connectivity index (χ1v) is 10.5. The number of fused-ring (bicyclic) bond motifs is 4. The standard InChI is InChI=1S/C24H21N3O4/c1-26-10-8-14(9-11-26)21-17-12-16(19-13-15-4-2-3-5-18(15)25-19)6-7-20(17)27-22(21)30-23(28)24(29)31-27/h2-7,12-14,25H,8-11H2,1H3. The van der Waals surface area contributed by atoms with Crippen LogP contribution in [0.3, 0.4) is 0 Å². The average Bonchev–Trinajstić information content (AvgIpc) is 3.34. The number of nitrogens with zero attached hydrogens (tertiary/aromatic N) is 2. The molecule has 1 saturated heterocycles. The monoisotopic (exact) mass is 415 g/mol. The SMILES string of the molecule is CN1CCC(c2c3cc(-c4cc5ccccc5[nH]4)ccc3n3oc(=O)c(=O)oc23)CC1. The number of hydrogen-bond donors (Lipinski definition) is 1. The molecule has 0 atom stereocenters. The molecular formula is C24H21N3O4. The van der Waals surface area contributed by atoms with E-state index in [1.54, 1.807) is 0 Å². The fourth-order valence-electron chi connectivity index (χ4n) is 4.79. The van der Waals surface area contributed by atoms with E-state index in [0.29, 0.717) is 5.71 Å². The summed E-state index contributed by atoms with van der Waals surface area (Å²) in [5.41, 5.74) is 3.15. The lowest BCUT2D eigenvalue weighted by Crippen LogP contribution is -2.29. The number of para-hydroxylation sites is 1. The number of rotatable bonds is 2. The number of aromatic nitrogens is 2. The molecule has 1 fully saturated rings. The third-order valence-corrected chi connectivity index (χ3v) is 6.42. The van der Waals surface area contributed by atoms with Gasteiger partial charge in [0.05, 0.1) is 5.52 Å². The summed E-state index contributed by atoms with van der Waals surface area (Å²) in [5, 5.41) is 2.09. The second-order valence-corrected chi connectivity index (χ2v) is 8.36. The van der Waals surface area contributed by atoms with Crippen LogP contribution in [0.1, 0.15) is 24.3 Å². The summed E-state index contributed by atoms with van der Waals surface area (Å²) >= 11 is 0. The number of likely N-dealkylation sites (tertiary alicyclic amines) is 1. The zero-order valence-electron chi connectivity index (χ0n) is 17.1. The molecule has 1 N–H and O–H groups in total. The van der Waals surface area contributed by atoms with Crippen molar-refractivity contribution in [3.05, 3.63) is 74.9 Å². The van der Waals surface area contributed by atoms with Crippen molar-refractivity contribution in [2.24, 2.45) is 0 Å². The summed E-state index contributed by atoms with van der Waals surface area (Å²) in [6.07, 6.45) is 1.90. The highest BCUT2D eigenvalue weighted by molar-refractivity contribution is 5.95. The lowest BCUT2D eigenvalue weighted by molar-refractivity contribution is 0.252. The fraction of sp³-hybridized carbons (Fsp3) is 0.250. The minimum atomic E-state index is -1.00. The molecule has 0 spiro atoms. The number of nitrogens with one attached hydrogen (secondary N) is 1. The van der Waals surface area contributed by atoms with Crippen LogP contribution >= 0.6 is 0 Å². The van der Waals surface area contributed by atoms with Crippen LogP contribution in [0.5, 0.6) is 0 Å². The van der Waals surface area contributed by atoms with Gasteiger partial charge in [-0.15, -0.1) is 4.57 Å². The number of aromatic amines is 1. The smallest absolute Gasteiger partial charge is 0.397 e. The maximum atomic E-state index is 12.0. The number of piperidine rings is 1. The first-order chi connectivity index (χ1) is 15.1. The Kier molecular flexibility index (Phi) is 3.94. The molecule has 6 rings (SSSR count). The Labute approximate surface area is 176 Å². The topological polar surface area (TPSA) is 83.9 Å². The Bertz CT molecular complexity index is 1530. The maximum absolute atomic E-state index is 12.0. The third kappa shape index (κ3) is 2.84. The summed E-state index contributed by atoms with van der Waals surface area (Å²) in [4.78, 5) is 29.6. The normalized spacial score (nSPS) is 16.0. The third-order valence-electron chi connectivity index (χ3n) is 6.42. The summed E-state index contributed by atoms with van der Waals surface area (Å²) in [6.45, 7) is 1.93. The Hall–Kier alpha value is -3.58. The summed E-state index contributed by atoms with van der Waals surface area (Å²) in [7, 11) is 2.11. The van der Waals surface area contributed by atoms with Crippen molar-refractivity contribution in [2.75, 3.05) is 20.1 Å². The predicted octanol–water partition coefficient (Wildman–Crippen LogP) is 3.96. The second kappa shape index (κ2) is 6.72. The van der Waals surface area contributed by atoms with E-state index in [9.17, 15) is 9.59 Å². The lowest BCUT2D eigenvalue weighted by Gasteiger charge is -2.28. The molecule has 3 aromatic heterocycles. The molecule has 0 bridgehead atoms. The molecule has 2 aromatic carbocycles. The number of benzene rings is 2. The zero-order chi connectivity index (χ0) is 21.1. The van der Waals surface area contributed by atoms with E-state index in [1.165, 1.54) is 4.57 Å². The van der Waals surface area contributed by atoms with Gasteiger partial charge in [-0.3, -0.25) is 0 Å². The van der Waals surface area contributed by atoms with E-state index in [2.05, 4.69) is 41.2 Å². The van der Waals surface area contributed by atoms with Crippen molar-refractivity contribution >= 4 is 27.5 Å². The molecule has 7 heteroatoms. The molecule has 0 unspecified atom stereocenters. The van der Waals surface area contributed by atoms with Gasteiger partial charge in [0.2, 0.25) is 5.71 Å². The number of H-pyrrole nitrogens is 1. The van der Waals surface area contributed by atoms with Gasteiger partial charge in [-0.2, -0.15) is 0 Å². The molecule has 5 aromatic rings. The van der Waals surface area contributed by atoms with Crippen LogP contribution in [0, 0.1) is 0 Å². The molecule has 0 saturated carbocycles. The molecule has 4 heterocycles. The highest BCUT2D eigenvalue weighted by Gasteiger charge is 2.27. The van der Waals surface area contributed by atoms with Gasteiger partial charge in [-0.25, -0.2) is 9.59 Å². The first kappa shape index (κ1) is 18.2. The van der Waals surface area contributed by atoms with E-state index in [0.717, 1.165) is 64.6 Å². The van der Waals surface area contributed by atoms with Crippen molar-refractivity contribution in [2.45, 2.75) is 18.8 Å². The van der Waals surface area contributed by atoms with Crippen LogP contribution in [-0.2, 0) is 0 Å². The molecule has 7 nitrogen and oxygen atoms in total. The minimum absolute atomic E-state index is 0.220. The Morgan fingerprint density at radius 2 is 1.81 bits per heavy atom. The van der Waals surface area contributed by atoms with Crippen LogP contribution in [0.4, 0.5) is 0 Å². The predicted molar refractivity (Wildman–Crippen MR) is 119 cm³/mol. The van der Waals surface area contributed by atoms with Gasteiger partial charge in [0.25, 0.3) is 0 Å². The summed E-state index contributed by atoms with van der Waals surface area (Å²) in [6, 6.07) is 16.3. The van der Waals surface area contributed by atoms with Gasteiger partial charge in [0.1, 0.15) is 0 Å². The van der Waals surface area contributed by atoms with Crippen LogP contribution in [0.25, 0.3) is 38.8 Å². The molecule has 31 heavy (non-hydrogen) atoms. The fourth-order valence-corrected chi connectivity index (χ4v) is 4.79. The molecule has 0 aliphatic carbocycles. The van der Waals surface area contributed by atoms with E-state index in [4.69, 9.17) is 8.94 Å². The van der Waals surface area contributed by atoms with Crippen molar-refractivity contribution in [3.63, 3.8) is 0 Å². The van der Waals surface area contributed by atoms with Crippen molar-refractivity contribution in [1.29, 1.82) is 0 Å². The second-order valence-electron chi connectivity index (χ2n) is 8.36. The lowest BCUT2D eigenvalue weighted by atomic mass is 9.88. The van der Waals surface area contributed by atoms with E-state index >= 15 is 0 Å². The van der Waals surface area contributed by atoms with E-state index in [-0.39, 0.29) is 5.92 Å². The summed E-state index contributed by atoms with van der Waals surface area (Å²) in [5.74, 6) is 0.220. The Morgan fingerprint density at radius 1 is 1.00 bits per heavy atom. The molecule has 1 aliphatic heterocycles. The van der Waals surface area contributed by atoms with Crippen LogP contribution in [-0.4, -0.2) is 34.6 Å². The number of hydrogen-bond acceptors (Lipinski definition) is 5. The highest BCUT2D eigenvalue weighted by Crippen LogP contribution is 2.39. The highest BCUT2D eigenvalue weighted by atomic mass is 16.5. The molecule has 156 valence electrons. The van der Waals surface area contributed by atoms with Gasteiger partial charge in [0.15, 0.2) is 0 Å². The Morgan fingerprint density at radius 3 is 2.61 bits per heavy atom. The van der Waals surface area contributed by atoms with Crippen LogP contribution in [0.15, 0.2) is 67.1 Å². The van der Waals surface area contributed by atoms with Gasteiger partial charge in [-0.05, 0) is 68.7 Å². The van der Waals surface area contributed by atoms with Crippen molar-refractivity contribution in [3.8, 4) is 11.3 Å². The van der Waals surface area contributed by atoms with Gasteiger partial charge < -0.3 is 18.8 Å². The average molecular weight is 415 g/mol. The van der Waals surface area contributed by atoms with Crippen molar-refractivity contribution in [1.82, 2.24) is 14.5 Å².